The van der Waals surface area contributed by atoms with E-state index < -0.39 is 18.0 Å². The van der Waals surface area contributed by atoms with Crippen LogP contribution in [0.15, 0.2) is 85.0 Å². The Morgan fingerprint density at radius 2 is 1.15 bits per heavy atom. The van der Waals surface area contributed by atoms with E-state index in [0.717, 1.165) is 56.1 Å². The lowest BCUT2D eigenvalue weighted by Gasteiger charge is -2.13. The Morgan fingerprint density at radius 3 is 1.56 bits per heavy atom. The normalized spacial score (nSPS) is 20.9. The van der Waals surface area contributed by atoms with Crippen molar-refractivity contribution in [2.24, 2.45) is 0 Å². The summed E-state index contributed by atoms with van der Waals surface area (Å²) in [6.45, 7) is 12.5. The highest BCUT2D eigenvalue weighted by atomic mass is 35.5. The van der Waals surface area contributed by atoms with Crippen molar-refractivity contribution in [2.75, 3.05) is 39.6 Å². The second-order valence-electron chi connectivity index (χ2n) is 12.7. The van der Waals surface area contributed by atoms with Gasteiger partial charge in [-0.3, -0.25) is 0 Å². The minimum Gasteiger partial charge on any atom is -0.396 e. The Kier molecular flexibility index (Phi) is 27.7. The van der Waals surface area contributed by atoms with Crippen molar-refractivity contribution < 1.29 is 54.3 Å². The lowest BCUT2D eigenvalue weighted by molar-refractivity contribution is -0.0745. The highest BCUT2D eigenvalue weighted by Gasteiger charge is 2.27. The van der Waals surface area contributed by atoms with Gasteiger partial charge in [-0.1, -0.05) is 85.4 Å². The van der Waals surface area contributed by atoms with Crippen LogP contribution in [-0.2, 0) is 23.7 Å². The molecule has 2 saturated heterocycles. The van der Waals surface area contributed by atoms with Gasteiger partial charge in [0.25, 0.3) is 0 Å². The molecule has 0 saturated carbocycles. The molecule has 2 aromatic rings. The maximum Gasteiger partial charge on any atom is 0.184 e. The van der Waals surface area contributed by atoms with Crippen LogP contribution in [0.3, 0.4) is 0 Å². The van der Waals surface area contributed by atoms with E-state index in [1.165, 1.54) is 0 Å². The van der Waals surface area contributed by atoms with Crippen molar-refractivity contribution in [3.05, 3.63) is 96.1 Å². The van der Waals surface area contributed by atoms with Crippen LogP contribution in [-0.4, -0.2) is 100 Å². The van der Waals surface area contributed by atoms with E-state index in [2.05, 4.69) is 13.2 Å². The van der Waals surface area contributed by atoms with Crippen LogP contribution in [0.5, 0.6) is 0 Å². The second-order valence-corrected chi connectivity index (χ2v) is 13.1. The number of aliphatic hydroxyl groups excluding tert-OH is 6. The Bertz CT molecular complexity index is 1150. The Balaban J connectivity index is 0.000000384. The molecule has 2 aliphatic rings. The van der Waals surface area contributed by atoms with E-state index in [0.29, 0.717) is 43.8 Å². The summed E-state index contributed by atoms with van der Waals surface area (Å²) < 4.78 is 28.2. The quantitative estimate of drug-likeness (QED) is 0.0427. The van der Waals surface area contributed by atoms with Gasteiger partial charge in [0.05, 0.1) is 44.7 Å². The summed E-state index contributed by atoms with van der Waals surface area (Å²) in [6.07, 6.45) is 6.10. The SMILES string of the molecule is C=C(C)C(O)Cl.C=C(C)C(O)OCCCCC1COC(c2ccccc2)O1.OCCCCC(O)CO.OCCCCC1COC(c2ccccc2)O1. The molecule has 12 heteroatoms. The van der Waals surface area contributed by atoms with Crippen LogP contribution in [0, 0.1) is 0 Å². The van der Waals surface area contributed by atoms with Crippen LogP contribution >= 0.6 is 11.6 Å². The first kappa shape index (κ1) is 47.8. The summed E-state index contributed by atoms with van der Waals surface area (Å²) in [7, 11) is 0. The van der Waals surface area contributed by atoms with Crippen molar-refractivity contribution in [1.29, 1.82) is 0 Å². The number of benzene rings is 2. The monoisotopic (exact) mass is 754 g/mol. The smallest absolute Gasteiger partial charge is 0.184 e. The zero-order chi connectivity index (χ0) is 38.6. The summed E-state index contributed by atoms with van der Waals surface area (Å²) in [5.41, 5.74) is 2.48. The van der Waals surface area contributed by atoms with E-state index in [1.807, 2.05) is 60.7 Å². The van der Waals surface area contributed by atoms with Crippen LogP contribution in [0.25, 0.3) is 0 Å². The highest BCUT2D eigenvalue weighted by molar-refractivity contribution is 6.21. The van der Waals surface area contributed by atoms with E-state index in [-0.39, 0.29) is 44.6 Å². The molecular formula is C40H63ClO11. The van der Waals surface area contributed by atoms with Gasteiger partial charge in [0.15, 0.2) is 18.9 Å². The molecule has 7 atom stereocenters. The summed E-state index contributed by atoms with van der Waals surface area (Å²) >= 11 is 5.07. The van der Waals surface area contributed by atoms with E-state index in [1.54, 1.807) is 13.8 Å². The molecule has 0 amide bonds. The van der Waals surface area contributed by atoms with Gasteiger partial charge in [0.1, 0.15) is 5.56 Å². The molecule has 2 heterocycles. The second kappa shape index (κ2) is 30.1. The molecule has 4 rings (SSSR count). The zero-order valence-corrected chi connectivity index (χ0v) is 31.7. The van der Waals surface area contributed by atoms with E-state index in [4.69, 9.17) is 60.8 Å². The summed E-state index contributed by atoms with van der Waals surface area (Å²) in [5.74, 6) is 0. The third-order valence-electron chi connectivity index (χ3n) is 7.76. The standard InChI is InChI=1S/C17H24O4.C13H18O3.C6H14O3.C4H7ClO/c1-13(2)16(18)19-11-7-6-10-15-12-20-17(21-15)14-8-4-3-5-9-14;14-9-5-4-8-12-10-15-13(16-12)11-6-2-1-3-7-11;7-4-2-1-3-6(9)5-8;1-3(2)4(5)6/h3-5,8-9,15-18H,1,6-7,10-12H2,2H3;1-3,6-7,12-14H,4-5,8-10H2;6-9H,1-5H2;4,6H,1H2,2H3. The third kappa shape index (κ3) is 22.8. The van der Waals surface area contributed by atoms with Gasteiger partial charge in [-0.25, -0.2) is 0 Å². The van der Waals surface area contributed by atoms with Gasteiger partial charge in [0, 0.05) is 24.3 Å². The maximum absolute atomic E-state index is 9.43. The molecule has 0 spiro atoms. The molecule has 7 unspecified atom stereocenters. The Morgan fingerprint density at radius 1 is 0.712 bits per heavy atom. The lowest BCUT2D eigenvalue weighted by atomic mass is 10.1. The molecular weight excluding hydrogens is 692 g/mol. The van der Waals surface area contributed by atoms with Gasteiger partial charge in [-0.15, -0.1) is 0 Å². The predicted octanol–water partition coefficient (Wildman–Crippen LogP) is 6.07. The Labute approximate surface area is 315 Å². The van der Waals surface area contributed by atoms with Crippen LogP contribution in [0.4, 0.5) is 0 Å². The van der Waals surface area contributed by atoms with Crippen LogP contribution in [0.1, 0.15) is 95.3 Å². The number of unbranched alkanes of at least 4 members (excludes halogenated alkanes) is 3. The number of hydrogen-bond acceptors (Lipinski definition) is 11. The number of aliphatic hydroxyl groups is 6. The van der Waals surface area contributed by atoms with Crippen LogP contribution < -0.4 is 0 Å². The largest absolute Gasteiger partial charge is 0.396 e. The molecule has 6 N–H and O–H groups in total. The minimum absolute atomic E-state index is 0.140. The van der Waals surface area contributed by atoms with Gasteiger partial charge in [-0.2, -0.15) is 0 Å². The summed E-state index contributed by atoms with van der Waals surface area (Å²) in [6, 6.07) is 20.0. The average molecular weight is 755 g/mol. The maximum atomic E-state index is 9.43. The number of alkyl halides is 1. The van der Waals surface area contributed by atoms with Gasteiger partial charge in [-0.05, 0) is 82.8 Å². The zero-order valence-electron chi connectivity index (χ0n) is 30.9. The molecule has 296 valence electrons. The fraction of sp³-hybridized carbons (Fsp3) is 0.600. The van der Waals surface area contributed by atoms with Gasteiger partial charge in [0.2, 0.25) is 0 Å². The molecule has 0 aromatic heterocycles. The first-order valence-corrected chi connectivity index (χ1v) is 18.5. The molecule has 2 fully saturated rings. The van der Waals surface area contributed by atoms with Crippen molar-refractivity contribution in [2.45, 2.75) is 114 Å². The third-order valence-corrected chi connectivity index (χ3v) is 8.13. The van der Waals surface area contributed by atoms with Crippen molar-refractivity contribution in [1.82, 2.24) is 0 Å². The average Bonchev–Trinajstić information content (AvgIpc) is 3.83. The predicted molar refractivity (Wildman–Crippen MR) is 202 cm³/mol. The lowest BCUT2D eigenvalue weighted by Crippen LogP contribution is -2.14. The number of ether oxygens (including phenoxy) is 5. The van der Waals surface area contributed by atoms with Crippen molar-refractivity contribution in [3.8, 4) is 0 Å². The summed E-state index contributed by atoms with van der Waals surface area (Å²) in [4.78, 5) is 0. The fourth-order valence-electron chi connectivity index (χ4n) is 4.65. The minimum atomic E-state index is -0.870. The molecule has 0 aliphatic carbocycles. The van der Waals surface area contributed by atoms with E-state index in [9.17, 15) is 5.11 Å². The van der Waals surface area contributed by atoms with Crippen molar-refractivity contribution >= 4 is 11.6 Å². The molecule has 52 heavy (non-hydrogen) atoms. The highest BCUT2D eigenvalue weighted by Crippen LogP contribution is 2.29. The molecule has 2 aromatic carbocycles. The Hall–Kier alpha value is -2.23. The number of rotatable bonds is 19. The molecule has 0 bridgehead atoms. The fourth-order valence-corrected chi connectivity index (χ4v) is 4.65. The summed E-state index contributed by atoms with van der Waals surface area (Å²) in [5, 5.41) is 51.8. The molecule has 11 nitrogen and oxygen atoms in total. The van der Waals surface area contributed by atoms with Crippen molar-refractivity contribution in [3.63, 3.8) is 0 Å². The molecule has 0 radical (unpaired) electrons. The van der Waals surface area contributed by atoms with Gasteiger partial charge >= 0.3 is 0 Å². The first-order valence-electron chi connectivity index (χ1n) is 18.1. The molecule has 2 aliphatic heterocycles. The van der Waals surface area contributed by atoms with Gasteiger partial charge < -0.3 is 54.3 Å². The number of halogens is 1. The topological polar surface area (TPSA) is 168 Å². The van der Waals surface area contributed by atoms with Crippen LogP contribution in [0.2, 0.25) is 0 Å². The number of hydrogen-bond donors (Lipinski definition) is 6. The first-order chi connectivity index (χ1) is 25.0. The van der Waals surface area contributed by atoms with E-state index >= 15 is 0 Å².